The smallest absolute Gasteiger partial charge is 0.390 e. The third-order valence-corrected chi connectivity index (χ3v) is 1.47. The lowest BCUT2D eigenvalue weighted by molar-refractivity contribution is 0.156. The van der Waals surface area contributed by atoms with Crippen molar-refractivity contribution in [2.24, 2.45) is 0 Å². The van der Waals surface area contributed by atoms with Crippen molar-refractivity contribution >= 4 is 16.7 Å². The quantitative estimate of drug-likeness (QED) is 0.416. The van der Waals surface area contributed by atoms with Gasteiger partial charge in [0.25, 0.3) is 0 Å². The highest BCUT2D eigenvalue weighted by atomic mass is 28.4. The molecule has 0 saturated heterocycles. The van der Waals surface area contributed by atoms with Gasteiger partial charge in [-0.2, -0.15) is 0 Å². The summed E-state index contributed by atoms with van der Waals surface area (Å²) in [5.41, 5.74) is 0. The summed E-state index contributed by atoms with van der Waals surface area (Å²) in [5.74, 6) is 0. The Hall–Kier alpha value is 0.162. The van der Waals surface area contributed by atoms with Gasteiger partial charge in [-0.3, -0.25) is 0 Å². The average molecular weight is 146 g/mol. The largest absolute Gasteiger partial charge is 0.492 e. The first-order chi connectivity index (χ1) is 4.06. The van der Waals surface area contributed by atoms with Crippen LogP contribution < -0.4 is 0 Å². The van der Waals surface area contributed by atoms with Crippen LogP contribution in [-0.4, -0.2) is 32.8 Å². The second-order valence-corrected chi connectivity index (χ2v) is 4.08. The highest BCUT2D eigenvalue weighted by Crippen LogP contribution is 1.95. The first-order valence-corrected chi connectivity index (χ1v) is 5.15. The Morgan fingerprint density at radius 1 is 1.56 bits per heavy atom. The number of hydrogen-bond donors (Lipinski definition) is 2. The van der Waals surface area contributed by atoms with Crippen LogP contribution in [0.5, 0.6) is 0 Å². The molecule has 0 amide bonds. The van der Waals surface area contributed by atoms with Gasteiger partial charge in [0.15, 0.2) is 0 Å². The molecule has 5 heteroatoms. The van der Waals surface area contributed by atoms with Crippen LogP contribution in [0.15, 0.2) is 0 Å². The van der Waals surface area contributed by atoms with E-state index in [1.165, 1.54) is 6.55 Å². The molecule has 0 aromatic carbocycles. The van der Waals surface area contributed by atoms with Gasteiger partial charge in [-0.05, 0) is 6.42 Å². The Balaban J connectivity index is 3.07. The molecule has 0 fully saturated rings. The molecular formula is C4H11BO3Si. The van der Waals surface area contributed by atoms with Gasteiger partial charge in [0.2, 0.25) is 0 Å². The van der Waals surface area contributed by atoms with Crippen molar-refractivity contribution in [3.63, 3.8) is 0 Å². The summed E-state index contributed by atoms with van der Waals surface area (Å²) in [7, 11) is 1.88. The maximum atomic E-state index is 8.68. The predicted molar refractivity (Wildman–Crippen MR) is 37.2 cm³/mol. The molecular weight excluding hydrogens is 135 g/mol. The monoisotopic (exact) mass is 146 g/mol. The van der Waals surface area contributed by atoms with Crippen LogP contribution in [0.2, 0.25) is 12.9 Å². The Bertz CT molecular complexity index is 72.7. The molecule has 2 N–H and O–H groups in total. The fraction of sp³-hybridized carbons (Fsp3) is 1.00. The minimum absolute atomic E-state index is 0.340. The molecule has 9 heavy (non-hydrogen) atoms. The van der Waals surface area contributed by atoms with E-state index in [1.54, 1.807) is 0 Å². The second-order valence-electron chi connectivity index (χ2n) is 1.92. The summed E-state index contributed by atoms with van der Waals surface area (Å²) in [6, 6.07) is 0. The van der Waals surface area contributed by atoms with Crippen molar-refractivity contribution in [1.29, 1.82) is 0 Å². The van der Waals surface area contributed by atoms with Gasteiger partial charge in [0.05, 0.1) is 7.85 Å². The van der Waals surface area contributed by atoms with Gasteiger partial charge in [0, 0.05) is 13.2 Å². The lowest BCUT2D eigenvalue weighted by Gasteiger charge is -2.11. The van der Waals surface area contributed by atoms with Gasteiger partial charge in [-0.1, -0.05) is 6.32 Å². The lowest BCUT2D eigenvalue weighted by atomic mass is 10.0. The minimum Gasteiger partial charge on any atom is -0.390 e. The van der Waals surface area contributed by atoms with E-state index in [0.29, 0.717) is 19.3 Å². The molecule has 0 atom stereocenters. The van der Waals surface area contributed by atoms with Gasteiger partial charge in [-0.25, -0.2) is 0 Å². The van der Waals surface area contributed by atoms with Crippen molar-refractivity contribution in [3.8, 4) is 0 Å². The van der Waals surface area contributed by atoms with Crippen molar-refractivity contribution in [3.05, 3.63) is 0 Å². The summed E-state index contributed by atoms with van der Waals surface area (Å²) in [4.78, 5) is 17.4. The van der Waals surface area contributed by atoms with Crippen molar-refractivity contribution in [2.45, 2.75) is 19.3 Å². The second kappa shape index (κ2) is 4.05. The summed E-state index contributed by atoms with van der Waals surface area (Å²) in [5, 5.41) is 0. The van der Waals surface area contributed by atoms with Gasteiger partial charge in [-0.15, -0.1) is 0 Å². The topological polar surface area (TPSA) is 49.7 Å². The fourth-order valence-electron chi connectivity index (χ4n) is 0.349. The molecule has 0 heterocycles. The summed E-state index contributed by atoms with van der Waals surface area (Å²) in [6.07, 6.45) is 1.19. The maximum absolute atomic E-state index is 8.68. The van der Waals surface area contributed by atoms with Crippen LogP contribution >= 0.6 is 0 Å². The first-order valence-electron chi connectivity index (χ1n) is 2.85. The molecule has 0 spiro atoms. The van der Waals surface area contributed by atoms with E-state index in [9.17, 15) is 0 Å². The zero-order valence-corrected chi connectivity index (χ0v) is 6.50. The van der Waals surface area contributed by atoms with Crippen molar-refractivity contribution in [1.82, 2.24) is 0 Å². The van der Waals surface area contributed by atoms with E-state index in [4.69, 9.17) is 17.4 Å². The number of rotatable bonds is 4. The lowest BCUT2D eigenvalue weighted by Crippen LogP contribution is -2.34. The average Bonchev–Trinajstić information content (AvgIpc) is 1.63. The van der Waals surface area contributed by atoms with Crippen molar-refractivity contribution in [2.75, 3.05) is 6.61 Å². The van der Waals surface area contributed by atoms with Crippen LogP contribution in [0.4, 0.5) is 0 Å². The Kier molecular flexibility index (Phi) is 4.13. The molecule has 0 bridgehead atoms. The molecule has 0 rings (SSSR count). The molecule has 0 aliphatic carbocycles. The van der Waals surface area contributed by atoms with E-state index in [2.05, 4.69) is 4.43 Å². The molecule has 0 aromatic rings. The van der Waals surface area contributed by atoms with Gasteiger partial charge >= 0.3 is 8.80 Å². The molecule has 0 aliphatic heterocycles. The number of hydrogen-bond acceptors (Lipinski definition) is 3. The molecule has 0 unspecified atom stereocenters. The SMILES string of the molecule is [B]CCCO[Si](C)(O)O. The molecule has 3 nitrogen and oxygen atoms in total. The zero-order chi connectivity index (χ0) is 7.33. The Labute approximate surface area is 57.4 Å². The third kappa shape index (κ3) is 8.16. The van der Waals surface area contributed by atoms with Crippen LogP contribution in [0.1, 0.15) is 6.42 Å². The van der Waals surface area contributed by atoms with Crippen LogP contribution in [-0.2, 0) is 4.43 Å². The van der Waals surface area contributed by atoms with Crippen LogP contribution in [0.25, 0.3) is 0 Å². The minimum atomic E-state index is -3.25. The molecule has 0 aliphatic rings. The van der Waals surface area contributed by atoms with E-state index >= 15 is 0 Å². The zero-order valence-electron chi connectivity index (χ0n) is 5.50. The highest BCUT2D eigenvalue weighted by Gasteiger charge is 2.22. The Morgan fingerprint density at radius 3 is 2.44 bits per heavy atom. The predicted octanol–water partition coefficient (Wildman–Crippen LogP) is -0.467. The van der Waals surface area contributed by atoms with E-state index < -0.39 is 8.80 Å². The Morgan fingerprint density at radius 2 is 2.11 bits per heavy atom. The summed E-state index contributed by atoms with van der Waals surface area (Å²) < 4.78 is 4.64. The van der Waals surface area contributed by atoms with E-state index in [0.717, 1.165) is 0 Å². The molecule has 0 aromatic heterocycles. The molecule has 2 radical (unpaired) electrons. The van der Waals surface area contributed by atoms with Crippen molar-refractivity contribution < 1.29 is 14.0 Å². The van der Waals surface area contributed by atoms with Crippen LogP contribution in [0, 0.1) is 0 Å². The highest BCUT2D eigenvalue weighted by molar-refractivity contribution is 6.56. The first kappa shape index (κ1) is 9.16. The third-order valence-electron chi connectivity index (χ3n) is 0.724. The normalized spacial score (nSPS) is 11.9. The summed E-state index contributed by atoms with van der Waals surface area (Å²) in [6.45, 7) is 1.63. The maximum Gasteiger partial charge on any atom is 0.492 e. The van der Waals surface area contributed by atoms with E-state index in [-0.39, 0.29) is 0 Å². The standard InChI is InChI=1S/C4H11BO3Si/c1-9(6,7)8-4-2-3-5/h6-7H,2-4H2,1H3. The fourth-order valence-corrected chi connectivity index (χ4v) is 0.880. The molecule has 52 valence electrons. The van der Waals surface area contributed by atoms with Gasteiger partial charge < -0.3 is 14.0 Å². The van der Waals surface area contributed by atoms with Crippen LogP contribution in [0.3, 0.4) is 0 Å². The van der Waals surface area contributed by atoms with E-state index in [1.807, 2.05) is 0 Å². The van der Waals surface area contributed by atoms with Gasteiger partial charge in [0.1, 0.15) is 0 Å². The summed E-state index contributed by atoms with van der Waals surface area (Å²) >= 11 is 0. The molecule has 0 saturated carbocycles.